The van der Waals surface area contributed by atoms with Crippen molar-refractivity contribution in [2.75, 3.05) is 17.2 Å². The number of ether oxygens (including phenoxy) is 1. The molecule has 0 spiro atoms. The fourth-order valence-corrected chi connectivity index (χ4v) is 2.58. The maximum Gasteiger partial charge on any atom is 0.143 e. The number of anilines is 2. The molecule has 0 aliphatic carbocycles. The second-order valence-corrected chi connectivity index (χ2v) is 5.44. The molecule has 3 heteroatoms. The van der Waals surface area contributed by atoms with E-state index < -0.39 is 0 Å². The second kappa shape index (κ2) is 4.71. The molecule has 0 radical (unpaired) electrons. The van der Waals surface area contributed by atoms with Crippen LogP contribution >= 0.6 is 0 Å². The van der Waals surface area contributed by atoms with Gasteiger partial charge in [0.2, 0.25) is 0 Å². The van der Waals surface area contributed by atoms with Crippen LogP contribution in [-0.4, -0.2) is 18.2 Å². The first-order valence-electron chi connectivity index (χ1n) is 6.86. The maximum absolute atomic E-state index is 6.26. The number of hydrogen-bond donors (Lipinski definition) is 1. The molecule has 18 heavy (non-hydrogen) atoms. The Morgan fingerprint density at radius 2 is 2.00 bits per heavy atom. The van der Waals surface area contributed by atoms with Crippen LogP contribution in [0.2, 0.25) is 0 Å². The van der Waals surface area contributed by atoms with Gasteiger partial charge in [0.1, 0.15) is 11.4 Å². The van der Waals surface area contributed by atoms with Crippen molar-refractivity contribution in [3.05, 3.63) is 18.2 Å². The van der Waals surface area contributed by atoms with Crippen LogP contribution in [0, 0.1) is 0 Å². The lowest BCUT2D eigenvalue weighted by atomic mass is 9.93. The minimum atomic E-state index is -0.0621. The van der Waals surface area contributed by atoms with E-state index in [2.05, 4.69) is 32.6 Å². The predicted molar refractivity (Wildman–Crippen MR) is 77.3 cm³/mol. The van der Waals surface area contributed by atoms with E-state index >= 15 is 0 Å². The number of nitrogen functional groups attached to an aromatic ring is 1. The minimum Gasteiger partial charge on any atom is -0.483 e. The highest BCUT2D eigenvalue weighted by atomic mass is 16.5. The highest BCUT2D eigenvalue weighted by Gasteiger charge is 2.37. The summed E-state index contributed by atoms with van der Waals surface area (Å²) in [5.41, 5.74) is 7.75. The number of hydrogen-bond acceptors (Lipinski definition) is 3. The summed E-state index contributed by atoms with van der Waals surface area (Å²) in [5.74, 6) is 0.966. The molecular weight excluding hydrogens is 224 g/mol. The molecular formula is C15H24N2O. The van der Waals surface area contributed by atoms with Gasteiger partial charge < -0.3 is 15.4 Å². The summed E-state index contributed by atoms with van der Waals surface area (Å²) in [6, 6.07) is 6.38. The van der Waals surface area contributed by atoms with Crippen molar-refractivity contribution in [1.82, 2.24) is 0 Å². The molecule has 0 fully saturated rings. The molecule has 1 aliphatic heterocycles. The minimum absolute atomic E-state index is 0.0621. The summed E-state index contributed by atoms with van der Waals surface area (Å²) >= 11 is 0. The van der Waals surface area contributed by atoms with Crippen molar-refractivity contribution in [1.29, 1.82) is 0 Å². The molecule has 1 aliphatic rings. The maximum atomic E-state index is 6.26. The zero-order valence-electron chi connectivity index (χ0n) is 11.9. The third-order valence-electron chi connectivity index (χ3n) is 3.99. The summed E-state index contributed by atoms with van der Waals surface area (Å²) < 4.78 is 6.26. The van der Waals surface area contributed by atoms with Crippen molar-refractivity contribution in [3.8, 4) is 5.75 Å². The van der Waals surface area contributed by atoms with Gasteiger partial charge in [0, 0.05) is 11.7 Å². The van der Waals surface area contributed by atoms with E-state index in [4.69, 9.17) is 10.5 Å². The summed E-state index contributed by atoms with van der Waals surface area (Å²) in [6.45, 7) is 9.77. The Bertz CT molecular complexity index is 425. The van der Waals surface area contributed by atoms with Gasteiger partial charge >= 0.3 is 0 Å². The predicted octanol–water partition coefficient (Wildman–Crippen LogP) is 3.43. The monoisotopic (exact) mass is 248 g/mol. The highest BCUT2D eigenvalue weighted by Crippen LogP contribution is 2.41. The largest absolute Gasteiger partial charge is 0.483 e. The summed E-state index contributed by atoms with van der Waals surface area (Å²) in [5, 5.41) is 0. The quantitative estimate of drug-likeness (QED) is 0.833. The van der Waals surface area contributed by atoms with Crippen molar-refractivity contribution in [2.45, 2.75) is 52.2 Å². The summed E-state index contributed by atoms with van der Waals surface area (Å²) in [7, 11) is 0. The lowest BCUT2D eigenvalue weighted by Crippen LogP contribution is -2.52. The molecule has 0 saturated heterocycles. The van der Waals surface area contributed by atoms with Crippen molar-refractivity contribution in [2.24, 2.45) is 0 Å². The molecule has 1 heterocycles. The highest BCUT2D eigenvalue weighted by molar-refractivity contribution is 5.67. The molecule has 0 saturated carbocycles. The number of benzene rings is 1. The molecule has 2 rings (SSSR count). The van der Waals surface area contributed by atoms with E-state index in [1.807, 2.05) is 18.2 Å². The summed E-state index contributed by atoms with van der Waals surface area (Å²) in [4.78, 5) is 2.40. The van der Waals surface area contributed by atoms with Crippen LogP contribution in [0.25, 0.3) is 0 Å². The molecule has 2 N–H and O–H groups in total. The van der Waals surface area contributed by atoms with Gasteiger partial charge in [-0.05, 0) is 44.9 Å². The first-order valence-corrected chi connectivity index (χ1v) is 6.86. The van der Waals surface area contributed by atoms with E-state index in [1.54, 1.807) is 0 Å². The van der Waals surface area contributed by atoms with Gasteiger partial charge in [-0.2, -0.15) is 0 Å². The van der Waals surface area contributed by atoms with Gasteiger partial charge in [-0.3, -0.25) is 0 Å². The van der Waals surface area contributed by atoms with Crippen LogP contribution in [0.5, 0.6) is 5.75 Å². The third kappa shape index (κ3) is 2.14. The van der Waals surface area contributed by atoms with Crippen molar-refractivity contribution < 1.29 is 4.74 Å². The number of nitrogens with zero attached hydrogens (tertiary/aromatic N) is 1. The lowest BCUT2D eigenvalue weighted by Gasteiger charge is -2.46. The van der Waals surface area contributed by atoms with Crippen molar-refractivity contribution in [3.63, 3.8) is 0 Å². The number of nitrogens with two attached hydrogens (primary N) is 1. The molecule has 100 valence electrons. The van der Waals surface area contributed by atoms with Crippen LogP contribution in [0.3, 0.4) is 0 Å². The molecule has 0 bridgehead atoms. The number of fused-ring (bicyclic) bond motifs is 1. The van der Waals surface area contributed by atoms with Gasteiger partial charge in [-0.25, -0.2) is 0 Å². The molecule has 0 amide bonds. The third-order valence-corrected chi connectivity index (χ3v) is 3.99. The van der Waals surface area contributed by atoms with Gasteiger partial charge in [-0.15, -0.1) is 0 Å². The Balaban J connectivity index is 2.46. The van der Waals surface area contributed by atoms with Gasteiger partial charge in [0.25, 0.3) is 0 Å². The Labute approximate surface area is 110 Å². The Morgan fingerprint density at radius 1 is 1.33 bits per heavy atom. The molecule has 0 unspecified atom stereocenters. The first kappa shape index (κ1) is 13.1. The Kier molecular flexibility index (Phi) is 3.42. The van der Waals surface area contributed by atoms with Crippen LogP contribution in [0.4, 0.5) is 11.4 Å². The zero-order valence-corrected chi connectivity index (χ0v) is 11.9. The number of rotatable bonds is 3. The van der Waals surface area contributed by atoms with Crippen LogP contribution in [-0.2, 0) is 0 Å². The topological polar surface area (TPSA) is 38.5 Å². The molecule has 1 aromatic rings. The molecule has 3 nitrogen and oxygen atoms in total. The normalized spacial score (nSPS) is 17.5. The fourth-order valence-electron chi connectivity index (χ4n) is 2.58. The van der Waals surface area contributed by atoms with E-state index in [-0.39, 0.29) is 5.60 Å². The SMILES string of the molecule is CCC1(CC)CN(C(C)C)c2cc(N)ccc2O1. The molecule has 1 aromatic carbocycles. The fraction of sp³-hybridized carbons (Fsp3) is 0.600. The zero-order chi connectivity index (χ0) is 13.3. The van der Waals surface area contributed by atoms with E-state index in [0.717, 1.165) is 36.5 Å². The smallest absolute Gasteiger partial charge is 0.143 e. The standard InChI is InChI=1S/C15H24N2O/c1-5-15(6-2)10-17(11(3)4)13-9-12(16)7-8-14(13)18-15/h7-9,11H,5-6,10,16H2,1-4H3. The Morgan fingerprint density at radius 3 is 2.56 bits per heavy atom. The van der Waals surface area contributed by atoms with Crippen LogP contribution < -0.4 is 15.4 Å². The Hall–Kier alpha value is -1.38. The van der Waals surface area contributed by atoms with Crippen molar-refractivity contribution >= 4 is 11.4 Å². The van der Waals surface area contributed by atoms with Crippen LogP contribution in [0.1, 0.15) is 40.5 Å². The molecule has 0 atom stereocenters. The average molecular weight is 248 g/mol. The lowest BCUT2D eigenvalue weighted by molar-refractivity contribution is 0.0556. The second-order valence-electron chi connectivity index (χ2n) is 5.44. The summed E-state index contributed by atoms with van der Waals surface area (Å²) in [6.07, 6.45) is 2.05. The van der Waals surface area contributed by atoms with E-state index in [0.29, 0.717) is 6.04 Å². The molecule has 0 aromatic heterocycles. The first-order chi connectivity index (χ1) is 8.51. The van der Waals surface area contributed by atoms with E-state index in [9.17, 15) is 0 Å². The van der Waals surface area contributed by atoms with Gasteiger partial charge in [0.05, 0.1) is 12.2 Å². The van der Waals surface area contributed by atoms with E-state index in [1.165, 1.54) is 0 Å². The van der Waals surface area contributed by atoms with Gasteiger partial charge in [0.15, 0.2) is 0 Å². The van der Waals surface area contributed by atoms with Gasteiger partial charge in [-0.1, -0.05) is 13.8 Å². The average Bonchev–Trinajstić information content (AvgIpc) is 2.37. The van der Waals surface area contributed by atoms with Crippen LogP contribution in [0.15, 0.2) is 18.2 Å².